The van der Waals surface area contributed by atoms with Gasteiger partial charge in [-0.25, -0.2) is 12.8 Å². The normalized spacial score (nSPS) is 12.6. The van der Waals surface area contributed by atoms with Crippen molar-refractivity contribution in [3.05, 3.63) is 99.9 Å². The van der Waals surface area contributed by atoms with E-state index in [-0.39, 0.29) is 23.0 Å². The number of sulfonamides is 1. The van der Waals surface area contributed by atoms with Crippen molar-refractivity contribution in [2.75, 3.05) is 6.54 Å². The molecule has 0 heterocycles. The second kappa shape index (κ2) is 10.5. The molecule has 1 N–H and O–H groups in total. The first-order valence-corrected chi connectivity index (χ1v) is 12.6. The quantitative estimate of drug-likeness (QED) is 0.484. The van der Waals surface area contributed by atoms with Crippen LogP contribution >= 0.6 is 0 Å². The highest BCUT2D eigenvalue weighted by molar-refractivity contribution is 7.89. The van der Waals surface area contributed by atoms with Crippen molar-refractivity contribution >= 4 is 15.9 Å². The Kier molecular flexibility index (Phi) is 7.89. The number of benzene rings is 3. The van der Waals surface area contributed by atoms with Crippen molar-refractivity contribution in [3.8, 4) is 0 Å². The molecule has 0 saturated heterocycles. The second-order valence-corrected chi connectivity index (χ2v) is 10.7. The lowest BCUT2D eigenvalue weighted by molar-refractivity contribution is -0.122. The molecule has 0 radical (unpaired) electrons. The van der Waals surface area contributed by atoms with Gasteiger partial charge in [-0.05, 0) is 75.1 Å². The molecule has 0 aliphatic rings. The Morgan fingerprint density at radius 3 is 2.21 bits per heavy atom. The Balaban J connectivity index is 1.87. The third kappa shape index (κ3) is 5.90. The molecule has 34 heavy (non-hydrogen) atoms. The van der Waals surface area contributed by atoms with Gasteiger partial charge in [0.05, 0.1) is 17.5 Å². The van der Waals surface area contributed by atoms with E-state index in [4.69, 9.17) is 0 Å². The Hall–Kier alpha value is -3.03. The maximum Gasteiger partial charge on any atom is 0.243 e. The van der Waals surface area contributed by atoms with Gasteiger partial charge in [-0.1, -0.05) is 48.0 Å². The molecule has 180 valence electrons. The maximum absolute atomic E-state index is 14.4. The Labute approximate surface area is 201 Å². The predicted molar refractivity (Wildman–Crippen MR) is 132 cm³/mol. The molecule has 5 nitrogen and oxygen atoms in total. The summed E-state index contributed by atoms with van der Waals surface area (Å²) in [4.78, 5) is 13.1. The third-order valence-electron chi connectivity index (χ3n) is 6.01. The summed E-state index contributed by atoms with van der Waals surface area (Å²) in [6.07, 6.45) is 0. The summed E-state index contributed by atoms with van der Waals surface area (Å²) in [5.41, 5.74) is 5.41. The summed E-state index contributed by atoms with van der Waals surface area (Å²) in [6, 6.07) is 16.1. The lowest BCUT2D eigenvalue weighted by Gasteiger charge is -2.24. The van der Waals surface area contributed by atoms with Gasteiger partial charge in [0, 0.05) is 12.1 Å². The van der Waals surface area contributed by atoms with Crippen LogP contribution in [-0.4, -0.2) is 25.2 Å². The molecule has 1 unspecified atom stereocenters. The van der Waals surface area contributed by atoms with Gasteiger partial charge in [-0.2, -0.15) is 4.31 Å². The first kappa shape index (κ1) is 25.6. The number of carbonyl (C=O) groups excluding carboxylic acids is 1. The Morgan fingerprint density at radius 2 is 1.56 bits per heavy atom. The molecule has 0 spiro atoms. The monoisotopic (exact) mass is 482 g/mol. The maximum atomic E-state index is 14.4. The van der Waals surface area contributed by atoms with Crippen molar-refractivity contribution in [1.82, 2.24) is 9.62 Å². The number of nitrogens with one attached hydrogen (secondary N) is 1. The third-order valence-corrected chi connectivity index (χ3v) is 7.82. The average molecular weight is 483 g/mol. The van der Waals surface area contributed by atoms with Crippen LogP contribution in [0.15, 0.2) is 65.6 Å². The van der Waals surface area contributed by atoms with Crippen LogP contribution < -0.4 is 5.32 Å². The van der Waals surface area contributed by atoms with Gasteiger partial charge in [0.25, 0.3) is 0 Å². The molecule has 3 aromatic rings. The van der Waals surface area contributed by atoms with Crippen LogP contribution in [0.1, 0.15) is 46.3 Å². The van der Waals surface area contributed by atoms with E-state index in [9.17, 15) is 17.6 Å². The molecule has 0 aromatic heterocycles. The van der Waals surface area contributed by atoms with Crippen molar-refractivity contribution in [3.63, 3.8) is 0 Å². The summed E-state index contributed by atoms with van der Waals surface area (Å²) in [5, 5.41) is 2.91. The smallest absolute Gasteiger partial charge is 0.243 e. The fourth-order valence-electron chi connectivity index (χ4n) is 3.88. The van der Waals surface area contributed by atoms with Gasteiger partial charge < -0.3 is 5.32 Å². The number of aryl methyl sites for hydroxylation is 4. The van der Waals surface area contributed by atoms with Gasteiger partial charge in [-0.15, -0.1) is 0 Å². The topological polar surface area (TPSA) is 66.5 Å². The van der Waals surface area contributed by atoms with E-state index in [2.05, 4.69) is 11.4 Å². The van der Waals surface area contributed by atoms with Crippen LogP contribution in [0, 0.1) is 33.5 Å². The number of carbonyl (C=O) groups is 1. The largest absolute Gasteiger partial charge is 0.348 e. The lowest BCUT2D eigenvalue weighted by Crippen LogP contribution is -2.41. The van der Waals surface area contributed by atoms with Crippen LogP contribution in [0.4, 0.5) is 4.39 Å². The highest BCUT2D eigenvalue weighted by Gasteiger charge is 2.28. The second-order valence-electron chi connectivity index (χ2n) is 8.76. The van der Waals surface area contributed by atoms with Gasteiger partial charge >= 0.3 is 0 Å². The van der Waals surface area contributed by atoms with E-state index < -0.39 is 28.3 Å². The minimum absolute atomic E-state index is 0.0558. The van der Waals surface area contributed by atoms with E-state index in [0.717, 1.165) is 26.6 Å². The molecule has 3 rings (SSSR count). The molecule has 1 amide bonds. The van der Waals surface area contributed by atoms with Crippen molar-refractivity contribution in [2.24, 2.45) is 0 Å². The van der Waals surface area contributed by atoms with Crippen LogP contribution in [0.3, 0.4) is 0 Å². The minimum Gasteiger partial charge on any atom is -0.348 e. The molecule has 0 aliphatic heterocycles. The highest BCUT2D eigenvalue weighted by Crippen LogP contribution is 2.23. The average Bonchev–Trinajstić information content (AvgIpc) is 2.77. The number of nitrogens with zero attached hydrogens (tertiary/aromatic N) is 1. The van der Waals surface area contributed by atoms with Gasteiger partial charge in [0.15, 0.2) is 0 Å². The van der Waals surface area contributed by atoms with Crippen LogP contribution in [0.2, 0.25) is 0 Å². The van der Waals surface area contributed by atoms with Crippen molar-refractivity contribution in [1.29, 1.82) is 0 Å². The Morgan fingerprint density at radius 1 is 0.941 bits per heavy atom. The zero-order valence-corrected chi connectivity index (χ0v) is 21.0. The van der Waals surface area contributed by atoms with Crippen molar-refractivity contribution in [2.45, 2.75) is 52.1 Å². The van der Waals surface area contributed by atoms with Gasteiger partial charge in [-0.3, -0.25) is 4.79 Å². The van der Waals surface area contributed by atoms with E-state index in [1.54, 1.807) is 18.2 Å². The molecule has 0 saturated carbocycles. The standard InChI is InChI=1S/C27H31FN2O3S/c1-18-10-12-24(13-11-18)34(32,33)30(16-23-8-6-7-9-26(23)28)17-27(31)29-22(5)25-15-20(3)19(2)14-21(25)4/h6-15,22H,16-17H2,1-5H3,(H,29,31). The van der Waals surface area contributed by atoms with E-state index in [1.807, 2.05) is 40.7 Å². The number of hydrogen-bond donors (Lipinski definition) is 1. The highest BCUT2D eigenvalue weighted by atomic mass is 32.2. The van der Waals surface area contributed by atoms with E-state index in [1.165, 1.54) is 35.9 Å². The van der Waals surface area contributed by atoms with Gasteiger partial charge in [0.2, 0.25) is 15.9 Å². The van der Waals surface area contributed by atoms with Crippen LogP contribution in [0.25, 0.3) is 0 Å². The summed E-state index contributed by atoms with van der Waals surface area (Å²) < 4.78 is 42.2. The predicted octanol–water partition coefficient (Wildman–Crippen LogP) is 5.13. The molecule has 0 fully saturated rings. The molecular formula is C27H31FN2O3S. The number of amides is 1. The summed E-state index contributed by atoms with van der Waals surface area (Å²) in [6.45, 7) is 9.06. The SMILES string of the molecule is Cc1ccc(S(=O)(=O)N(CC(=O)NC(C)c2cc(C)c(C)cc2C)Cc2ccccc2F)cc1. The van der Waals surface area contributed by atoms with E-state index in [0.29, 0.717) is 0 Å². The zero-order valence-electron chi connectivity index (χ0n) is 20.2. The fraction of sp³-hybridized carbons (Fsp3) is 0.296. The first-order chi connectivity index (χ1) is 16.0. The molecule has 3 aromatic carbocycles. The molecular weight excluding hydrogens is 451 g/mol. The number of hydrogen-bond acceptors (Lipinski definition) is 3. The molecule has 1 atom stereocenters. The zero-order chi connectivity index (χ0) is 25.0. The first-order valence-electron chi connectivity index (χ1n) is 11.2. The summed E-state index contributed by atoms with van der Waals surface area (Å²) in [7, 11) is -4.04. The number of halogens is 1. The van der Waals surface area contributed by atoms with Gasteiger partial charge in [0.1, 0.15) is 5.82 Å². The molecule has 7 heteroatoms. The summed E-state index contributed by atoms with van der Waals surface area (Å²) >= 11 is 0. The van der Waals surface area contributed by atoms with Crippen molar-refractivity contribution < 1.29 is 17.6 Å². The molecule has 0 bridgehead atoms. The van der Waals surface area contributed by atoms with Crippen LogP contribution in [0.5, 0.6) is 0 Å². The lowest BCUT2D eigenvalue weighted by atomic mass is 9.96. The fourth-order valence-corrected chi connectivity index (χ4v) is 5.25. The van der Waals surface area contributed by atoms with Crippen LogP contribution in [-0.2, 0) is 21.4 Å². The van der Waals surface area contributed by atoms with E-state index >= 15 is 0 Å². The Bertz CT molecular complexity index is 1290. The number of rotatable bonds is 8. The summed E-state index contributed by atoms with van der Waals surface area (Å²) in [5.74, 6) is -0.983. The molecule has 0 aliphatic carbocycles. The minimum atomic E-state index is -4.04.